The van der Waals surface area contributed by atoms with Gasteiger partial charge in [-0.1, -0.05) is 40.9 Å². The molecule has 2 rings (SSSR count). The van der Waals surface area contributed by atoms with E-state index >= 15 is 0 Å². The predicted molar refractivity (Wildman–Crippen MR) is 124 cm³/mol. The van der Waals surface area contributed by atoms with Crippen LogP contribution in [-0.4, -0.2) is 38.9 Å². The number of thioether (sulfide) groups is 1. The number of anilines is 1. The topological polar surface area (TPSA) is 66.5 Å². The van der Waals surface area contributed by atoms with Gasteiger partial charge in [-0.2, -0.15) is 11.8 Å². The summed E-state index contributed by atoms with van der Waals surface area (Å²) in [7, 11) is -3.66. The van der Waals surface area contributed by atoms with Gasteiger partial charge in [-0.15, -0.1) is 0 Å². The van der Waals surface area contributed by atoms with Crippen molar-refractivity contribution < 1.29 is 13.2 Å². The number of carbonyl (C=O) groups excluding carboxylic acids is 1. The molecule has 5 nitrogen and oxygen atoms in total. The molecule has 29 heavy (non-hydrogen) atoms. The van der Waals surface area contributed by atoms with Gasteiger partial charge in [0.05, 0.1) is 11.9 Å². The van der Waals surface area contributed by atoms with Crippen molar-refractivity contribution in [2.75, 3.05) is 22.9 Å². The van der Waals surface area contributed by atoms with Crippen molar-refractivity contribution in [2.24, 2.45) is 0 Å². The number of nitrogens with one attached hydrogen (secondary N) is 1. The van der Waals surface area contributed by atoms with Gasteiger partial charge in [-0.3, -0.25) is 9.10 Å². The quantitative estimate of drug-likeness (QED) is 0.505. The fourth-order valence-corrected chi connectivity index (χ4v) is 5.53. The van der Waals surface area contributed by atoms with E-state index in [1.54, 1.807) is 61.2 Å². The highest BCUT2D eigenvalue weighted by atomic mass is 35.5. The number of hydrogen-bond acceptors (Lipinski definition) is 4. The maximum absolute atomic E-state index is 12.5. The SMILES string of the molecule is CC(C(=O)NCCSCc1c(Cl)cccc1Cl)N(c1ccc(Cl)cc1)S(C)(=O)=O. The summed E-state index contributed by atoms with van der Waals surface area (Å²) < 4.78 is 25.6. The summed E-state index contributed by atoms with van der Waals surface area (Å²) in [6.07, 6.45) is 1.06. The minimum absolute atomic E-state index is 0.377. The Bertz CT molecular complexity index is 933. The van der Waals surface area contributed by atoms with Gasteiger partial charge in [-0.05, 0) is 48.9 Å². The monoisotopic (exact) mass is 494 g/mol. The van der Waals surface area contributed by atoms with Crippen LogP contribution in [0, 0.1) is 0 Å². The molecule has 0 aromatic heterocycles. The molecule has 0 fully saturated rings. The Kier molecular flexibility index (Phi) is 8.97. The Morgan fingerprint density at radius 2 is 1.69 bits per heavy atom. The number of carbonyl (C=O) groups is 1. The fraction of sp³-hybridized carbons (Fsp3) is 0.316. The number of amides is 1. The van der Waals surface area contributed by atoms with Crippen molar-refractivity contribution in [3.63, 3.8) is 0 Å². The van der Waals surface area contributed by atoms with Crippen LogP contribution in [0.15, 0.2) is 42.5 Å². The van der Waals surface area contributed by atoms with Crippen molar-refractivity contribution in [3.05, 3.63) is 63.1 Å². The lowest BCUT2D eigenvalue weighted by Gasteiger charge is -2.28. The first-order valence-electron chi connectivity index (χ1n) is 8.64. The van der Waals surface area contributed by atoms with Gasteiger partial charge in [0.1, 0.15) is 6.04 Å². The van der Waals surface area contributed by atoms with E-state index in [-0.39, 0.29) is 5.91 Å². The lowest BCUT2D eigenvalue weighted by atomic mass is 10.2. The molecule has 10 heteroatoms. The van der Waals surface area contributed by atoms with Crippen LogP contribution in [0.5, 0.6) is 0 Å². The first-order valence-corrected chi connectivity index (χ1v) is 12.8. The summed E-state index contributed by atoms with van der Waals surface area (Å²) in [5.74, 6) is 0.853. The Morgan fingerprint density at radius 1 is 1.10 bits per heavy atom. The van der Waals surface area contributed by atoms with Gasteiger partial charge in [0.2, 0.25) is 15.9 Å². The molecule has 0 bridgehead atoms. The number of sulfonamides is 1. The lowest BCUT2D eigenvalue weighted by molar-refractivity contribution is -0.121. The molecule has 0 aliphatic heterocycles. The highest BCUT2D eigenvalue weighted by Gasteiger charge is 2.28. The van der Waals surface area contributed by atoms with Crippen LogP contribution in [0.25, 0.3) is 0 Å². The van der Waals surface area contributed by atoms with E-state index in [1.165, 1.54) is 0 Å². The third kappa shape index (κ3) is 6.96. The van der Waals surface area contributed by atoms with Crippen LogP contribution in [-0.2, 0) is 20.6 Å². The second-order valence-electron chi connectivity index (χ2n) is 6.26. The predicted octanol–water partition coefficient (Wildman–Crippen LogP) is 4.85. The van der Waals surface area contributed by atoms with Crippen LogP contribution in [0.3, 0.4) is 0 Å². The van der Waals surface area contributed by atoms with Crippen LogP contribution in [0.4, 0.5) is 5.69 Å². The molecule has 0 aliphatic rings. The van der Waals surface area contributed by atoms with Gasteiger partial charge in [0.25, 0.3) is 0 Å². The molecule has 1 unspecified atom stereocenters. The van der Waals surface area contributed by atoms with Crippen LogP contribution >= 0.6 is 46.6 Å². The standard InChI is InChI=1S/C19H21Cl3N2O3S2/c1-13(24(29(2,26)27)15-8-6-14(20)7-9-15)19(25)23-10-11-28-12-16-17(21)4-3-5-18(16)22/h3-9,13H,10-12H2,1-2H3,(H,23,25). The molecular weight excluding hydrogens is 475 g/mol. The zero-order chi connectivity index (χ0) is 21.6. The zero-order valence-electron chi connectivity index (χ0n) is 15.9. The van der Waals surface area contributed by atoms with Gasteiger partial charge in [0, 0.05) is 33.1 Å². The first kappa shape index (κ1) is 24.2. The molecule has 1 amide bonds. The molecule has 0 spiro atoms. The molecule has 0 radical (unpaired) electrons. The minimum Gasteiger partial charge on any atom is -0.353 e. The Balaban J connectivity index is 1.92. The van der Waals surface area contributed by atoms with E-state index in [9.17, 15) is 13.2 Å². The largest absolute Gasteiger partial charge is 0.353 e. The second-order valence-corrected chi connectivity index (χ2v) is 10.5. The van der Waals surface area contributed by atoms with Crippen molar-refractivity contribution in [3.8, 4) is 0 Å². The van der Waals surface area contributed by atoms with Crippen molar-refractivity contribution in [1.82, 2.24) is 5.32 Å². The molecule has 158 valence electrons. The number of nitrogens with zero attached hydrogens (tertiary/aromatic N) is 1. The van der Waals surface area contributed by atoms with Crippen molar-refractivity contribution in [2.45, 2.75) is 18.7 Å². The zero-order valence-corrected chi connectivity index (χ0v) is 19.8. The van der Waals surface area contributed by atoms with Crippen LogP contribution in [0.2, 0.25) is 15.1 Å². The van der Waals surface area contributed by atoms with E-state index in [1.807, 2.05) is 0 Å². The smallest absolute Gasteiger partial charge is 0.243 e. The minimum atomic E-state index is -3.66. The molecule has 0 aliphatic carbocycles. The van der Waals surface area contributed by atoms with E-state index in [0.717, 1.165) is 16.1 Å². The molecule has 0 saturated carbocycles. The maximum Gasteiger partial charge on any atom is 0.243 e. The lowest BCUT2D eigenvalue weighted by Crippen LogP contribution is -2.48. The van der Waals surface area contributed by atoms with Gasteiger partial charge in [-0.25, -0.2) is 8.42 Å². The molecule has 2 aromatic rings. The molecule has 1 atom stereocenters. The van der Waals surface area contributed by atoms with E-state index < -0.39 is 16.1 Å². The number of rotatable bonds is 9. The summed E-state index contributed by atoms with van der Waals surface area (Å²) in [5, 5.41) is 4.47. The van der Waals surface area contributed by atoms with Gasteiger partial charge >= 0.3 is 0 Å². The van der Waals surface area contributed by atoms with E-state index in [0.29, 0.717) is 38.8 Å². The third-order valence-corrected chi connectivity index (χ3v) is 7.21. The second kappa shape index (κ2) is 10.8. The first-order chi connectivity index (χ1) is 13.6. The normalized spacial score (nSPS) is 12.4. The van der Waals surface area contributed by atoms with Crippen LogP contribution < -0.4 is 9.62 Å². The highest BCUT2D eigenvalue weighted by Crippen LogP contribution is 2.28. The molecular formula is C19H21Cl3N2O3S2. The van der Waals surface area contributed by atoms with Gasteiger partial charge < -0.3 is 5.32 Å². The average Bonchev–Trinajstić information content (AvgIpc) is 2.64. The summed E-state index contributed by atoms with van der Waals surface area (Å²) in [6, 6.07) is 10.7. The van der Waals surface area contributed by atoms with Crippen molar-refractivity contribution >= 4 is 68.2 Å². The number of halogens is 3. The Labute approximate surface area is 190 Å². The summed E-state index contributed by atoms with van der Waals surface area (Å²) in [5.41, 5.74) is 1.23. The number of benzene rings is 2. The molecule has 1 N–H and O–H groups in total. The highest BCUT2D eigenvalue weighted by molar-refractivity contribution is 7.98. The summed E-state index contributed by atoms with van der Waals surface area (Å²) >= 11 is 19.7. The molecule has 0 saturated heterocycles. The third-order valence-electron chi connectivity index (χ3n) is 4.02. The van der Waals surface area contributed by atoms with Gasteiger partial charge in [0.15, 0.2) is 0 Å². The fourth-order valence-electron chi connectivity index (χ4n) is 2.64. The van der Waals surface area contributed by atoms with Crippen molar-refractivity contribution in [1.29, 1.82) is 0 Å². The van der Waals surface area contributed by atoms with E-state index in [2.05, 4.69) is 5.32 Å². The maximum atomic E-state index is 12.5. The molecule has 2 aromatic carbocycles. The van der Waals surface area contributed by atoms with Crippen LogP contribution in [0.1, 0.15) is 12.5 Å². The Morgan fingerprint density at radius 3 is 2.24 bits per heavy atom. The summed E-state index contributed by atoms with van der Waals surface area (Å²) in [6.45, 7) is 1.93. The van der Waals surface area contributed by atoms with E-state index in [4.69, 9.17) is 34.8 Å². The Hall–Kier alpha value is -1.12. The average molecular weight is 496 g/mol. The summed E-state index contributed by atoms with van der Waals surface area (Å²) in [4.78, 5) is 12.5. The molecule has 0 heterocycles. The number of hydrogen-bond donors (Lipinski definition) is 1.